The molecule has 0 aromatic heterocycles. The zero-order valence-electron chi connectivity index (χ0n) is 4.55. The lowest BCUT2D eigenvalue weighted by Crippen LogP contribution is -1.55. The van der Waals surface area contributed by atoms with Crippen LogP contribution in [0.4, 0.5) is 0 Å². The van der Waals surface area contributed by atoms with Gasteiger partial charge in [0.05, 0.1) is 0 Å². The van der Waals surface area contributed by atoms with E-state index in [1.165, 1.54) is 6.08 Å². The van der Waals surface area contributed by atoms with Gasteiger partial charge in [-0.25, -0.2) is 0 Å². The Hall–Kier alpha value is -0.590. The molecule has 1 nitrogen and oxygen atoms in total. The van der Waals surface area contributed by atoms with E-state index in [2.05, 4.69) is 0 Å². The normalized spacial score (nSPS) is 11.7. The predicted molar refractivity (Wildman–Crippen MR) is 25.5 cm³/mol. The zero-order valence-corrected chi connectivity index (χ0v) is 3.55. The highest BCUT2D eigenvalue weighted by Crippen LogP contribution is 1.72. The van der Waals surface area contributed by atoms with Crippen LogP contribution in [0.3, 0.4) is 0 Å². The van der Waals surface area contributed by atoms with Crippen LogP contribution < -0.4 is 0 Å². The van der Waals surface area contributed by atoms with Crippen LogP contribution in [-0.2, 0) is 4.79 Å². The maximum atomic E-state index is 9.53. The lowest BCUT2D eigenvalue weighted by Gasteiger charge is -1.65. The molecule has 0 aliphatic carbocycles. The minimum atomic E-state index is 0.365. The molecular formula is C5H8O. The number of aldehydes is 1. The first kappa shape index (κ1) is 3.59. The van der Waals surface area contributed by atoms with E-state index in [4.69, 9.17) is 1.37 Å². The van der Waals surface area contributed by atoms with Gasteiger partial charge in [0.15, 0.2) is 0 Å². The second-order valence-corrected chi connectivity index (χ2v) is 0.853. The van der Waals surface area contributed by atoms with Crippen molar-refractivity contribution in [2.24, 2.45) is 0 Å². The van der Waals surface area contributed by atoms with Crippen molar-refractivity contribution in [2.75, 3.05) is 0 Å². The Morgan fingerprint density at radius 3 is 3.33 bits per heavy atom. The monoisotopic (exact) mass is 85.1 g/mol. The molecule has 1 heteroatoms. The van der Waals surface area contributed by atoms with Gasteiger partial charge in [0, 0.05) is 1.37 Å². The molecule has 0 spiro atoms. The molecule has 0 amide bonds. The van der Waals surface area contributed by atoms with Crippen LogP contribution in [0.2, 0.25) is 0 Å². The van der Waals surface area contributed by atoms with Gasteiger partial charge in [0.2, 0.25) is 0 Å². The first-order chi connectivity index (χ1) is 3.41. The summed E-state index contributed by atoms with van der Waals surface area (Å²) < 4.78 is 6.61. The van der Waals surface area contributed by atoms with Gasteiger partial charge < -0.3 is 0 Å². The number of allylic oxidation sites excluding steroid dienone is 2. The molecule has 0 aromatic carbocycles. The predicted octanol–water partition coefficient (Wildman–Crippen LogP) is 1.15. The summed E-state index contributed by atoms with van der Waals surface area (Å²) in [7, 11) is 0. The third-order valence-electron chi connectivity index (χ3n) is 0.381. The van der Waals surface area contributed by atoms with E-state index in [0.717, 1.165) is 6.29 Å². The largest absolute Gasteiger partial charge is 0.299 e. The van der Waals surface area contributed by atoms with Crippen LogP contribution in [0.5, 0.6) is 0 Å². The summed E-state index contributed by atoms with van der Waals surface area (Å²) >= 11 is 0. The lowest BCUT2D eigenvalue weighted by molar-refractivity contribution is -0.104. The average Bonchev–Trinajstić information content (AvgIpc) is 1.69. The summed E-state index contributed by atoms with van der Waals surface area (Å²) in [5.41, 5.74) is 0. The molecular weight excluding hydrogens is 76.1 g/mol. The molecule has 0 rings (SSSR count). The minimum absolute atomic E-state index is 0.365. The minimum Gasteiger partial charge on any atom is -0.299 e. The maximum absolute atomic E-state index is 9.53. The van der Waals surface area contributed by atoms with E-state index >= 15 is 0 Å². The number of hydrogen-bond donors (Lipinski definition) is 0. The third-order valence-corrected chi connectivity index (χ3v) is 0.381. The van der Waals surface area contributed by atoms with Gasteiger partial charge in [-0.05, 0) is 12.5 Å². The van der Waals surface area contributed by atoms with Gasteiger partial charge >= 0.3 is 0 Å². The molecule has 0 aliphatic rings. The van der Waals surface area contributed by atoms with Gasteiger partial charge in [-0.1, -0.05) is 13.0 Å². The Morgan fingerprint density at radius 2 is 2.83 bits per heavy atom. The number of rotatable bonds is 2. The van der Waals surface area contributed by atoms with Crippen molar-refractivity contribution in [3.05, 3.63) is 12.2 Å². The summed E-state index contributed by atoms with van der Waals surface area (Å²) in [6.07, 6.45) is 4.49. The average molecular weight is 85.1 g/mol. The zero-order chi connectivity index (χ0) is 5.54. The lowest BCUT2D eigenvalue weighted by atomic mass is 10.4. The van der Waals surface area contributed by atoms with Gasteiger partial charge in [-0.3, -0.25) is 4.79 Å². The SMILES string of the molecule is [2H]CC/C=C\C=O. The fourth-order valence-electron chi connectivity index (χ4n) is 0.152. The summed E-state index contributed by atoms with van der Waals surface area (Å²) in [6, 6.07) is 0. The fraction of sp³-hybridized carbons (Fsp3) is 0.400. The standard InChI is InChI=1S/C5H8O/c1-2-3-4-5-6/h3-5H,2H2,1H3/b4-3-/i1D. The molecule has 0 atom stereocenters. The third kappa shape index (κ3) is 3.41. The Labute approximate surface area is 39.1 Å². The van der Waals surface area contributed by atoms with Crippen LogP contribution in [0, 0.1) is 0 Å². The molecule has 0 saturated heterocycles. The molecule has 0 unspecified atom stereocenters. The van der Waals surface area contributed by atoms with Crippen molar-refractivity contribution in [3.63, 3.8) is 0 Å². The van der Waals surface area contributed by atoms with E-state index in [9.17, 15) is 4.79 Å². The maximum Gasteiger partial charge on any atom is 0.142 e. The smallest absolute Gasteiger partial charge is 0.142 e. The van der Waals surface area contributed by atoms with E-state index in [0.29, 0.717) is 13.3 Å². The number of hydrogen-bond acceptors (Lipinski definition) is 1. The molecule has 0 aliphatic heterocycles. The van der Waals surface area contributed by atoms with Crippen molar-refractivity contribution in [3.8, 4) is 0 Å². The molecule has 0 saturated carbocycles. The Kier molecular flexibility index (Phi) is 2.64. The van der Waals surface area contributed by atoms with Crippen molar-refractivity contribution in [1.29, 1.82) is 0 Å². The molecule has 0 radical (unpaired) electrons. The van der Waals surface area contributed by atoms with Crippen molar-refractivity contribution >= 4 is 6.29 Å². The Bertz CT molecular complexity index is 68.5. The topological polar surface area (TPSA) is 17.1 Å². The highest BCUT2D eigenvalue weighted by Gasteiger charge is 1.58. The Balaban J connectivity index is 2.92. The molecule has 0 fully saturated rings. The number of carbonyl (C=O) groups is 1. The first-order valence-electron chi connectivity index (χ1n) is 2.52. The van der Waals surface area contributed by atoms with Gasteiger partial charge in [-0.15, -0.1) is 0 Å². The second kappa shape index (κ2) is 4.41. The van der Waals surface area contributed by atoms with Crippen molar-refractivity contribution in [1.82, 2.24) is 0 Å². The fourth-order valence-corrected chi connectivity index (χ4v) is 0.152. The van der Waals surface area contributed by atoms with Crippen LogP contribution in [0.1, 0.15) is 14.7 Å². The molecule has 34 valence electrons. The van der Waals surface area contributed by atoms with Crippen LogP contribution in [0.15, 0.2) is 12.2 Å². The van der Waals surface area contributed by atoms with Gasteiger partial charge in [0.25, 0.3) is 0 Å². The van der Waals surface area contributed by atoms with E-state index < -0.39 is 0 Å². The highest BCUT2D eigenvalue weighted by molar-refractivity contribution is 5.64. The molecule has 0 aromatic rings. The first-order valence-corrected chi connectivity index (χ1v) is 1.81. The quantitative estimate of drug-likeness (QED) is 0.363. The highest BCUT2D eigenvalue weighted by atomic mass is 16.1. The van der Waals surface area contributed by atoms with Gasteiger partial charge in [-0.2, -0.15) is 0 Å². The van der Waals surface area contributed by atoms with Crippen molar-refractivity contribution < 1.29 is 6.17 Å². The summed E-state index contributed by atoms with van der Waals surface area (Å²) in [5, 5.41) is 0. The van der Waals surface area contributed by atoms with Crippen LogP contribution in [-0.4, -0.2) is 6.29 Å². The second-order valence-electron chi connectivity index (χ2n) is 0.853. The van der Waals surface area contributed by atoms with Gasteiger partial charge in [0.1, 0.15) is 6.29 Å². The van der Waals surface area contributed by atoms with Crippen LogP contribution in [0.25, 0.3) is 0 Å². The summed E-state index contributed by atoms with van der Waals surface area (Å²) in [4.78, 5) is 9.53. The number of carbonyl (C=O) groups excluding carboxylic acids is 1. The van der Waals surface area contributed by atoms with Crippen molar-refractivity contribution in [2.45, 2.75) is 13.3 Å². The molecule has 0 bridgehead atoms. The molecule has 0 heterocycles. The summed E-state index contributed by atoms with van der Waals surface area (Å²) in [6.45, 7) is 0.365. The van der Waals surface area contributed by atoms with E-state index in [-0.39, 0.29) is 0 Å². The molecule has 0 N–H and O–H groups in total. The van der Waals surface area contributed by atoms with E-state index in [1.807, 2.05) is 0 Å². The van der Waals surface area contributed by atoms with Crippen LogP contribution >= 0.6 is 0 Å². The molecule has 6 heavy (non-hydrogen) atoms. The summed E-state index contributed by atoms with van der Waals surface area (Å²) in [5.74, 6) is 0. The van der Waals surface area contributed by atoms with E-state index in [1.54, 1.807) is 6.08 Å². The Morgan fingerprint density at radius 1 is 2.00 bits per heavy atom.